The minimum absolute atomic E-state index is 0.0165. The lowest BCUT2D eigenvalue weighted by atomic mass is 9.89. The van der Waals surface area contributed by atoms with Crippen LogP contribution >= 0.6 is 0 Å². The average molecular weight is 418 g/mol. The summed E-state index contributed by atoms with van der Waals surface area (Å²) in [5, 5.41) is 3.62. The summed E-state index contributed by atoms with van der Waals surface area (Å²) < 4.78 is 22.0. The van der Waals surface area contributed by atoms with Crippen LogP contribution in [0.2, 0.25) is 0 Å². The lowest BCUT2D eigenvalue weighted by Crippen LogP contribution is -2.46. The van der Waals surface area contributed by atoms with Gasteiger partial charge < -0.3 is 24.3 Å². The predicted octanol–water partition coefficient (Wildman–Crippen LogP) is 2.21. The molecule has 1 amide bonds. The predicted molar refractivity (Wildman–Crippen MR) is 108 cm³/mol. The third-order valence-electron chi connectivity index (χ3n) is 6.25. The fraction of sp³-hybridized carbons (Fsp3) is 0.636. The molecule has 1 spiro atoms. The Morgan fingerprint density at radius 2 is 1.83 bits per heavy atom. The monoisotopic (exact) mass is 418 g/mol. The summed E-state index contributed by atoms with van der Waals surface area (Å²) in [5.74, 6) is -0.804. The molecular formula is C22H30N2O6. The molecule has 3 fully saturated rings. The smallest absolute Gasteiger partial charge is 0.410 e. The molecule has 3 aliphatic rings. The van der Waals surface area contributed by atoms with Crippen LogP contribution in [0.5, 0.6) is 0 Å². The van der Waals surface area contributed by atoms with Gasteiger partial charge in [0.15, 0.2) is 5.79 Å². The number of carbonyl (C=O) groups excluding carboxylic acids is 2. The van der Waals surface area contributed by atoms with Crippen molar-refractivity contribution in [2.24, 2.45) is 0 Å². The summed E-state index contributed by atoms with van der Waals surface area (Å²) in [7, 11) is 1.35. The highest BCUT2D eigenvalue weighted by atomic mass is 16.7. The number of benzene rings is 1. The molecular weight excluding hydrogens is 388 g/mol. The van der Waals surface area contributed by atoms with Gasteiger partial charge in [-0.15, -0.1) is 0 Å². The number of nitrogens with zero attached hydrogens (tertiary/aromatic N) is 1. The van der Waals surface area contributed by atoms with Gasteiger partial charge in [0.2, 0.25) is 0 Å². The molecule has 1 aliphatic carbocycles. The standard InChI is InChI=1S/C22H30N2O6/c1-27-20(25)19-13-18(23-17-7-9-22(10-8-17)29-11-12-30-22)14-24(19)21(26)28-15-16-5-3-2-4-6-16/h2-6,17-19,23H,7-15H2,1H3/t18-,19-/m0/s1. The molecule has 2 saturated heterocycles. The van der Waals surface area contributed by atoms with Crippen molar-refractivity contribution in [1.29, 1.82) is 0 Å². The third-order valence-corrected chi connectivity index (χ3v) is 6.25. The first-order valence-electron chi connectivity index (χ1n) is 10.7. The Labute approximate surface area is 176 Å². The highest BCUT2D eigenvalue weighted by Gasteiger charge is 2.44. The molecule has 0 radical (unpaired) electrons. The van der Waals surface area contributed by atoms with Crippen LogP contribution in [0.4, 0.5) is 4.79 Å². The van der Waals surface area contributed by atoms with E-state index in [2.05, 4.69) is 5.32 Å². The van der Waals surface area contributed by atoms with Gasteiger partial charge in [0, 0.05) is 31.5 Å². The second-order valence-corrected chi connectivity index (χ2v) is 8.21. The molecule has 1 aromatic rings. The van der Waals surface area contributed by atoms with Crippen LogP contribution in [0.25, 0.3) is 0 Å². The molecule has 1 saturated carbocycles. The first kappa shape index (κ1) is 21.1. The molecule has 2 atom stereocenters. The third kappa shape index (κ3) is 4.77. The van der Waals surface area contributed by atoms with Gasteiger partial charge in [-0.2, -0.15) is 0 Å². The first-order valence-corrected chi connectivity index (χ1v) is 10.7. The molecule has 1 N–H and O–H groups in total. The van der Waals surface area contributed by atoms with Gasteiger partial charge in [-0.3, -0.25) is 4.90 Å². The fourth-order valence-electron chi connectivity index (χ4n) is 4.66. The van der Waals surface area contributed by atoms with Crippen molar-refractivity contribution in [3.8, 4) is 0 Å². The van der Waals surface area contributed by atoms with Crippen molar-refractivity contribution in [1.82, 2.24) is 10.2 Å². The molecule has 0 unspecified atom stereocenters. The number of ether oxygens (including phenoxy) is 4. The largest absolute Gasteiger partial charge is 0.467 e. The van der Waals surface area contributed by atoms with E-state index in [1.165, 1.54) is 12.0 Å². The van der Waals surface area contributed by atoms with Crippen molar-refractivity contribution >= 4 is 12.1 Å². The van der Waals surface area contributed by atoms with Crippen molar-refractivity contribution in [2.75, 3.05) is 26.9 Å². The highest BCUT2D eigenvalue weighted by molar-refractivity contribution is 5.82. The van der Waals surface area contributed by atoms with Gasteiger partial charge in [0.25, 0.3) is 0 Å². The number of rotatable bonds is 5. The Bertz CT molecular complexity index is 726. The highest BCUT2D eigenvalue weighted by Crippen LogP contribution is 2.36. The number of hydrogen-bond acceptors (Lipinski definition) is 7. The summed E-state index contributed by atoms with van der Waals surface area (Å²) in [5.41, 5.74) is 0.904. The van der Waals surface area contributed by atoms with E-state index in [9.17, 15) is 9.59 Å². The maximum Gasteiger partial charge on any atom is 0.410 e. The van der Waals surface area contributed by atoms with Crippen LogP contribution in [-0.4, -0.2) is 67.7 Å². The Kier molecular flexibility index (Phi) is 6.55. The van der Waals surface area contributed by atoms with E-state index in [0.717, 1.165) is 31.2 Å². The van der Waals surface area contributed by atoms with E-state index in [4.69, 9.17) is 18.9 Å². The van der Waals surface area contributed by atoms with Crippen LogP contribution in [0.15, 0.2) is 30.3 Å². The second kappa shape index (κ2) is 9.32. The zero-order valence-electron chi connectivity index (χ0n) is 17.4. The Morgan fingerprint density at radius 3 is 2.50 bits per heavy atom. The van der Waals surface area contributed by atoms with Gasteiger partial charge in [-0.05, 0) is 24.8 Å². The molecule has 2 heterocycles. The van der Waals surface area contributed by atoms with E-state index in [1.54, 1.807) is 0 Å². The summed E-state index contributed by atoms with van der Waals surface area (Å²) >= 11 is 0. The van der Waals surface area contributed by atoms with Gasteiger partial charge in [-0.1, -0.05) is 30.3 Å². The SMILES string of the molecule is COC(=O)[C@@H]1C[C@H](NC2CCC3(CC2)OCCO3)CN1C(=O)OCc1ccccc1. The number of hydrogen-bond donors (Lipinski definition) is 1. The van der Waals surface area contributed by atoms with Gasteiger partial charge in [0.05, 0.1) is 20.3 Å². The summed E-state index contributed by atoms with van der Waals surface area (Å²) in [6.07, 6.45) is 3.63. The van der Waals surface area contributed by atoms with Gasteiger partial charge >= 0.3 is 12.1 Å². The topological polar surface area (TPSA) is 86.3 Å². The maximum atomic E-state index is 12.7. The Balaban J connectivity index is 1.32. The number of likely N-dealkylation sites (tertiary alicyclic amines) is 1. The fourth-order valence-corrected chi connectivity index (χ4v) is 4.66. The molecule has 164 valence electrons. The van der Waals surface area contributed by atoms with Crippen LogP contribution in [0, 0.1) is 0 Å². The van der Waals surface area contributed by atoms with Crippen LogP contribution in [-0.2, 0) is 30.3 Å². The van der Waals surface area contributed by atoms with Crippen molar-refractivity contribution < 1.29 is 28.5 Å². The molecule has 8 heteroatoms. The number of amides is 1. The van der Waals surface area contributed by atoms with Crippen LogP contribution in [0.3, 0.4) is 0 Å². The lowest BCUT2D eigenvalue weighted by molar-refractivity contribution is -0.179. The van der Waals surface area contributed by atoms with Gasteiger partial charge in [0.1, 0.15) is 12.6 Å². The number of carbonyl (C=O) groups is 2. The van der Waals surface area contributed by atoms with E-state index < -0.39 is 23.9 Å². The Morgan fingerprint density at radius 1 is 1.13 bits per heavy atom. The van der Waals surface area contributed by atoms with Crippen molar-refractivity contribution in [3.63, 3.8) is 0 Å². The van der Waals surface area contributed by atoms with Crippen molar-refractivity contribution in [3.05, 3.63) is 35.9 Å². The van der Waals surface area contributed by atoms with Crippen molar-refractivity contribution in [2.45, 2.75) is 62.6 Å². The molecule has 8 nitrogen and oxygen atoms in total. The maximum absolute atomic E-state index is 12.7. The summed E-state index contributed by atoms with van der Waals surface area (Å²) in [6.45, 7) is 1.93. The lowest BCUT2D eigenvalue weighted by Gasteiger charge is -2.36. The number of methoxy groups -OCH3 is 1. The van der Waals surface area contributed by atoms with E-state index in [1.807, 2.05) is 30.3 Å². The average Bonchev–Trinajstić information content (AvgIpc) is 3.41. The minimum atomic E-state index is -0.632. The first-order chi connectivity index (χ1) is 14.6. The molecule has 4 rings (SSSR count). The zero-order chi connectivity index (χ0) is 21.0. The molecule has 1 aromatic carbocycles. The Hall–Kier alpha value is -2.16. The molecule has 0 aromatic heterocycles. The van der Waals surface area contributed by atoms with Gasteiger partial charge in [-0.25, -0.2) is 9.59 Å². The normalized spacial score (nSPS) is 26.1. The molecule has 30 heavy (non-hydrogen) atoms. The molecule has 2 aliphatic heterocycles. The van der Waals surface area contributed by atoms with Crippen LogP contribution < -0.4 is 5.32 Å². The zero-order valence-corrected chi connectivity index (χ0v) is 17.4. The second-order valence-electron chi connectivity index (χ2n) is 8.21. The summed E-state index contributed by atoms with van der Waals surface area (Å²) in [6, 6.07) is 9.19. The van der Waals surface area contributed by atoms with E-state index >= 15 is 0 Å². The van der Waals surface area contributed by atoms with E-state index in [0.29, 0.717) is 32.2 Å². The quantitative estimate of drug-likeness (QED) is 0.734. The molecule has 0 bridgehead atoms. The van der Waals surface area contributed by atoms with Crippen LogP contribution in [0.1, 0.15) is 37.7 Å². The van der Waals surface area contributed by atoms with E-state index in [-0.39, 0.29) is 12.6 Å². The number of esters is 1. The summed E-state index contributed by atoms with van der Waals surface area (Å²) in [4.78, 5) is 26.5. The number of nitrogens with one attached hydrogen (secondary N) is 1. The minimum Gasteiger partial charge on any atom is -0.467 e.